The van der Waals surface area contributed by atoms with Gasteiger partial charge < -0.3 is 10.4 Å². The molecule has 0 aliphatic heterocycles. The Labute approximate surface area is 124 Å². The Bertz CT molecular complexity index is 498. The molecule has 1 saturated carbocycles. The van der Waals surface area contributed by atoms with Crippen molar-refractivity contribution in [1.29, 1.82) is 0 Å². The third-order valence-corrected chi connectivity index (χ3v) is 4.08. The Hall–Kier alpha value is -1.85. The van der Waals surface area contributed by atoms with Crippen LogP contribution < -0.4 is 5.32 Å². The van der Waals surface area contributed by atoms with E-state index in [-0.39, 0.29) is 11.9 Å². The van der Waals surface area contributed by atoms with Gasteiger partial charge in [0.05, 0.1) is 12.1 Å². The molecule has 2 N–H and O–H groups in total. The first-order valence-electron chi connectivity index (χ1n) is 7.56. The van der Waals surface area contributed by atoms with E-state index in [1.807, 2.05) is 13.2 Å². The molecule has 1 aromatic rings. The smallest absolute Gasteiger partial charge is 0.308 e. The van der Waals surface area contributed by atoms with E-state index >= 15 is 0 Å². The zero-order chi connectivity index (χ0) is 15.2. The molecule has 2 atom stereocenters. The molecule has 0 spiro atoms. The van der Waals surface area contributed by atoms with Crippen LogP contribution in [0.3, 0.4) is 0 Å². The first-order chi connectivity index (χ1) is 10.1. The maximum Gasteiger partial charge on any atom is 0.308 e. The van der Waals surface area contributed by atoms with Gasteiger partial charge in [0.2, 0.25) is 5.91 Å². The molecule has 1 fully saturated rings. The second-order valence-electron chi connectivity index (χ2n) is 5.78. The number of carboxylic acid groups (broad SMARTS) is 1. The lowest BCUT2D eigenvalue weighted by Crippen LogP contribution is -2.42. The molecule has 116 valence electrons. The lowest BCUT2D eigenvalue weighted by Gasteiger charge is -2.22. The van der Waals surface area contributed by atoms with Gasteiger partial charge in [0.1, 0.15) is 0 Å². The van der Waals surface area contributed by atoms with Crippen LogP contribution in [0.25, 0.3) is 0 Å². The van der Waals surface area contributed by atoms with Crippen LogP contribution in [-0.4, -0.2) is 32.8 Å². The van der Waals surface area contributed by atoms with Gasteiger partial charge in [-0.15, -0.1) is 0 Å². The third kappa shape index (κ3) is 4.58. The standard InChI is InChI=1S/C15H23N3O3/c1-18-10-11(9-16-18)7-8-14(19)17-13-6-4-2-3-5-12(13)15(20)21/h9-10,12-13H,2-8H2,1H3,(H,17,19)(H,20,21)/t12-,13+/m1/s1. The fourth-order valence-corrected chi connectivity index (χ4v) is 2.91. The van der Waals surface area contributed by atoms with E-state index in [9.17, 15) is 14.7 Å². The zero-order valence-electron chi connectivity index (χ0n) is 12.4. The van der Waals surface area contributed by atoms with E-state index in [1.165, 1.54) is 0 Å². The fraction of sp³-hybridized carbons (Fsp3) is 0.667. The summed E-state index contributed by atoms with van der Waals surface area (Å²) in [4.78, 5) is 23.4. The van der Waals surface area contributed by atoms with Crippen LogP contribution in [0.15, 0.2) is 12.4 Å². The molecule has 0 radical (unpaired) electrons. The molecule has 1 aliphatic carbocycles. The summed E-state index contributed by atoms with van der Waals surface area (Å²) in [5.74, 6) is -1.32. The van der Waals surface area contributed by atoms with Crippen LogP contribution in [0.5, 0.6) is 0 Å². The van der Waals surface area contributed by atoms with Crippen molar-refractivity contribution in [2.45, 2.75) is 51.0 Å². The minimum absolute atomic E-state index is 0.0722. The van der Waals surface area contributed by atoms with Crippen LogP contribution in [0.4, 0.5) is 0 Å². The number of rotatable bonds is 5. The first-order valence-corrected chi connectivity index (χ1v) is 7.56. The molecule has 6 nitrogen and oxygen atoms in total. The Kier molecular flexibility index (Phi) is 5.36. The van der Waals surface area contributed by atoms with Crippen molar-refractivity contribution in [3.8, 4) is 0 Å². The number of carbonyl (C=O) groups excluding carboxylic acids is 1. The summed E-state index contributed by atoms with van der Waals surface area (Å²) < 4.78 is 1.71. The molecule has 0 saturated heterocycles. The lowest BCUT2D eigenvalue weighted by molar-refractivity contribution is -0.143. The predicted octanol–water partition coefficient (Wildman–Crippen LogP) is 1.50. The van der Waals surface area contributed by atoms with E-state index in [0.29, 0.717) is 19.3 Å². The molecule has 1 amide bonds. The average molecular weight is 293 g/mol. The minimum atomic E-state index is -0.797. The monoisotopic (exact) mass is 293 g/mol. The quantitative estimate of drug-likeness (QED) is 0.806. The number of carbonyl (C=O) groups is 2. The van der Waals surface area contributed by atoms with Gasteiger partial charge in [0.25, 0.3) is 0 Å². The number of aromatic nitrogens is 2. The zero-order valence-corrected chi connectivity index (χ0v) is 12.4. The molecule has 1 heterocycles. The van der Waals surface area contributed by atoms with Crippen LogP contribution >= 0.6 is 0 Å². The van der Waals surface area contributed by atoms with E-state index < -0.39 is 11.9 Å². The molecular weight excluding hydrogens is 270 g/mol. The van der Waals surface area contributed by atoms with Gasteiger partial charge in [0.15, 0.2) is 0 Å². The average Bonchev–Trinajstić information content (AvgIpc) is 2.70. The number of aliphatic carboxylic acids is 1. The summed E-state index contributed by atoms with van der Waals surface area (Å²) in [5.41, 5.74) is 1.02. The number of nitrogens with one attached hydrogen (secondary N) is 1. The summed E-state index contributed by atoms with van der Waals surface area (Å²) in [5, 5.41) is 16.3. The molecule has 6 heteroatoms. The van der Waals surface area contributed by atoms with Crippen molar-refractivity contribution < 1.29 is 14.7 Å². The van der Waals surface area contributed by atoms with Crippen molar-refractivity contribution in [2.75, 3.05) is 0 Å². The number of nitrogens with zero attached hydrogens (tertiary/aromatic N) is 2. The fourth-order valence-electron chi connectivity index (χ4n) is 2.91. The number of carboxylic acids is 1. The number of aryl methyl sites for hydroxylation is 2. The molecule has 2 rings (SSSR count). The van der Waals surface area contributed by atoms with Crippen molar-refractivity contribution in [2.24, 2.45) is 13.0 Å². The Morgan fingerprint density at radius 2 is 2.14 bits per heavy atom. The summed E-state index contributed by atoms with van der Waals surface area (Å²) in [6.07, 6.45) is 9.01. The summed E-state index contributed by atoms with van der Waals surface area (Å²) >= 11 is 0. The van der Waals surface area contributed by atoms with Crippen LogP contribution in [0.2, 0.25) is 0 Å². The van der Waals surface area contributed by atoms with Crippen molar-refractivity contribution in [1.82, 2.24) is 15.1 Å². The van der Waals surface area contributed by atoms with Gasteiger partial charge >= 0.3 is 5.97 Å². The topological polar surface area (TPSA) is 84.2 Å². The molecule has 21 heavy (non-hydrogen) atoms. The van der Waals surface area contributed by atoms with Crippen molar-refractivity contribution in [3.63, 3.8) is 0 Å². The van der Waals surface area contributed by atoms with Gasteiger partial charge in [-0.25, -0.2) is 0 Å². The van der Waals surface area contributed by atoms with Crippen molar-refractivity contribution >= 4 is 11.9 Å². The van der Waals surface area contributed by atoms with Gasteiger partial charge in [-0.05, 0) is 24.8 Å². The maximum atomic E-state index is 12.0. The van der Waals surface area contributed by atoms with Crippen molar-refractivity contribution in [3.05, 3.63) is 18.0 Å². The Morgan fingerprint density at radius 3 is 2.81 bits per heavy atom. The molecule has 1 aliphatic rings. The highest BCUT2D eigenvalue weighted by atomic mass is 16.4. The van der Waals surface area contributed by atoms with E-state index in [1.54, 1.807) is 10.9 Å². The summed E-state index contributed by atoms with van der Waals surface area (Å²) in [7, 11) is 1.84. The lowest BCUT2D eigenvalue weighted by atomic mass is 9.94. The molecule has 0 bridgehead atoms. The SMILES string of the molecule is Cn1cc(CCC(=O)N[C@H]2CCCCC[C@H]2C(=O)O)cn1. The van der Waals surface area contributed by atoms with E-state index in [2.05, 4.69) is 10.4 Å². The normalized spacial score (nSPS) is 22.5. The molecular formula is C15H23N3O3. The highest BCUT2D eigenvalue weighted by Gasteiger charge is 2.30. The second-order valence-corrected chi connectivity index (χ2v) is 5.78. The largest absolute Gasteiger partial charge is 0.481 e. The maximum absolute atomic E-state index is 12.0. The predicted molar refractivity (Wildman–Crippen MR) is 77.7 cm³/mol. The minimum Gasteiger partial charge on any atom is -0.481 e. The molecule has 0 aromatic carbocycles. The Morgan fingerprint density at radius 1 is 1.38 bits per heavy atom. The van der Waals surface area contributed by atoms with Gasteiger partial charge in [-0.3, -0.25) is 14.3 Å². The van der Waals surface area contributed by atoms with Crippen LogP contribution in [0, 0.1) is 5.92 Å². The highest BCUT2D eigenvalue weighted by molar-refractivity contribution is 5.78. The molecule has 0 unspecified atom stereocenters. The first kappa shape index (κ1) is 15.5. The highest BCUT2D eigenvalue weighted by Crippen LogP contribution is 2.24. The number of amides is 1. The summed E-state index contributed by atoms with van der Waals surface area (Å²) in [6, 6.07) is -0.230. The van der Waals surface area contributed by atoms with Crippen LogP contribution in [-0.2, 0) is 23.1 Å². The van der Waals surface area contributed by atoms with Gasteiger partial charge in [0, 0.05) is 25.7 Å². The molecule has 1 aromatic heterocycles. The van der Waals surface area contributed by atoms with Crippen LogP contribution in [0.1, 0.15) is 44.1 Å². The number of hydrogen-bond donors (Lipinski definition) is 2. The number of hydrogen-bond acceptors (Lipinski definition) is 3. The van der Waals surface area contributed by atoms with E-state index in [4.69, 9.17) is 0 Å². The van der Waals surface area contributed by atoms with Gasteiger partial charge in [-0.2, -0.15) is 5.10 Å². The third-order valence-electron chi connectivity index (χ3n) is 4.08. The Balaban J connectivity index is 1.85. The van der Waals surface area contributed by atoms with E-state index in [0.717, 1.165) is 31.2 Å². The summed E-state index contributed by atoms with van der Waals surface area (Å²) in [6.45, 7) is 0. The second kappa shape index (κ2) is 7.24. The van der Waals surface area contributed by atoms with Gasteiger partial charge in [-0.1, -0.05) is 19.3 Å².